The van der Waals surface area contributed by atoms with Gasteiger partial charge in [0.15, 0.2) is 0 Å². The van der Waals surface area contributed by atoms with E-state index in [9.17, 15) is 17.6 Å². The van der Waals surface area contributed by atoms with Gasteiger partial charge < -0.3 is 10.2 Å². The fourth-order valence-corrected chi connectivity index (χ4v) is 2.49. The van der Waals surface area contributed by atoms with Crippen LogP contribution in [0.15, 0.2) is 24.3 Å². The molecule has 0 spiro atoms. The van der Waals surface area contributed by atoms with Crippen LogP contribution in [0.1, 0.15) is 12.8 Å². The van der Waals surface area contributed by atoms with Crippen LogP contribution < -0.4 is 10.2 Å². The van der Waals surface area contributed by atoms with Gasteiger partial charge in [0.2, 0.25) is 0 Å². The molecular weight excluding hydrogens is 272 g/mol. The van der Waals surface area contributed by atoms with E-state index in [2.05, 4.69) is 10.2 Å². The second-order valence-electron chi connectivity index (χ2n) is 5.16. The van der Waals surface area contributed by atoms with Crippen molar-refractivity contribution < 1.29 is 17.6 Å². The molecule has 1 aliphatic rings. The molecule has 1 heterocycles. The zero-order valence-corrected chi connectivity index (χ0v) is 11.1. The van der Waals surface area contributed by atoms with Crippen LogP contribution in [0.5, 0.6) is 0 Å². The molecule has 0 aromatic heterocycles. The Morgan fingerprint density at radius 3 is 2.55 bits per heavy atom. The van der Waals surface area contributed by atoms with Crippen molar-refractivity contribution in [3.63, 3.8) is 0 Å². The quantitative estimate of drug-likeness (QED) is 0.662. The maximum atomic E-state index is 12.8. The SMILES string of the molecule is Fc1ccc(N2CCC(CCNCC(F)(F)F)C2)cc1. The second kappa shape index (κ2) is 6.43. The van der Waals surface area contributed by atoms with Crippen LogP contribution in [0.25, 0.3) is 0 Å². The van der Waals surface area contributed by atoms with Crippen molar-refractivity contribution in [1.82, 2.24) is 5.32 Å². The first-order valence-corrected chi connectivity index (χ1v) is 6.72. The van der Waals surface area contributed by atoms with Crippen molar-refractivity contribution >= 4 is 5.69 Å². The van der Waals surface area contributed by atoms with Crippen LogP contribution in [0.3, 0.4) is 0 Å². The van der Waals surface area contributed by atoms with Gasteiger partial charge in [0, 0.05) is 18.8 Å². The summed E-state index contributed by atoms with van der Waals surface area (Å²) in [5.74, 6) is 0.127. The van der Waals surface area contributed by atoms with Crippen LogP contribution >= 0.6 is 0 Å². The molecule has 1 unspecified atom stereocenters. The molecule has 1 atom stereocenters. The number of rotatable bonds is 5. The van der Waals surface area contributed by atoms with E-state index in [-0.39, 0.29) is 5.82 Å². The molecule has 0 radical (unpaired) electrons. The molecule has 6 heteroatoms. The fraction of sp³-hybridized carbons (Fsp3) is 0.571. The predicted molar refractivity (Wildman–Crippen MR) is 70.3 cm³/mol. The molecule has 1 aromatic carbocycles. The van der Waals surface area contributed by atoms with Crippen molar-refractivity contribution in [3.05, 3.63) is 30.1 Å². The topological polar surface area (TPSA) is 15.3 Å². The predicted octanol–water partition coefficient (Wildman–Crippen LogP) is 3.19. The van der Waals surface area contributed by atoms with Crippen molar-refractivity contribution in [2.45, 2.75) is 19.0 Å². The van der Waals surface area contributed by atoms with E-state index >= 15 is 0 Å². The Morgan fingerprint density at radius 1 is 1.20 bits per heavy atom. The standard InChI is InChI=1S/C14H18F4N2/c15-12-1-3-13(4-2-12)20-8-6-11(9-20)5-7-19-10-14(16,17)18/h1-4,11,19H,5-10H2. The number of hydrogen-bond donors (Lipinski definition) is 1. The summed E-state index contributed by atoms with van der Waals surface area (Å²) in [6, 6.07) is 6.32. The largest absolute Gasteiger partial charge is 0.401 e. The Balaban J connectivity index is 1.71. The van der Waals surface area contributed by atoms with Gasteiger partial charge >= 0.3 is 6.18 Å². The summed E-state index contributed by atoms with van der Waals surface area (Å²) >= 11 is 0. The third-order valence-electron chi connectivity index (χ3n) is 3.53. The second-order valence-corrected chi connectivity index (χ2v) is 5.16. The van der Waals surface area contributed by atoms with E-state index in [0.717, 1.165) is 31.6 Å². The van der Waals surface area contributed by atoms with Gasteiger partial charge in [0.1, 0.15) is 5.82 Å². The summed E-state index contributed by atoms with van der Waals surface area (Å²) in [6.07, 6.45) is -2.45. The summed E-state index contributed by atoms with van der Waals surface area (Å²) in [5.41, 5.74) is 0.970. The van der Waals surface area contributed by atoms with Crippen LogP contribution in [-0.4, -0.2) is 32.4 Å². The highest BCUT2D eigenvalue weighted by molar-refractivity contribution is 5.47. The molecule has 2 rings (SSSR count). The molecule has 1 fully saturated rings. The Bertz CT molecular complexity index is 416. The molecule has 1 aliphatic heterocycles. The number of benzene rings is 1. The van der Waals surface area contributed by atoms with Gasteiger partial charge in [0.25, 0.3) is 0 Å². The Kier molecular flexibility index (Phi) is 4.86. The van der Waals surface area contributed by atoms with E-state index in [1.54, 1.807) is 12.1 Å². The average Bonchev–Trinajstić information content (AvgIpc) is 2.83. The van der Waals surface area contributed by atoms with E-state index in [1.165, 1.54) is 12.1 Å². The number of anilines is 1. The fourth-order valence-electron chi connectivity index (χ4n) is 2.49. The average molecular weight is 290 g/mol. The molecule has 1 saturated heterocycles. The lowest BCUT2D eigenvalue weighted by Crippen LogP contribution is -2.30. The number of halogens is 4. The van der Waals surface area contributed by atoms with E-state index < -0.39 is 12.7 Å². The first-order valence-electron chi connectivity index (χ1n) is 6.72. The zero-order valence-electron chi connectivity index (χ0n) is 11.1. The molecule has 2 nitrogen and oxygen atoms in total. The van der Waals surface area contributed by atoms with Gasteiger partial charge in [-0.3, -0.25) is 0 Å². The van der Waals surface area contributed by atoms with Crippen LogP contribution in [0.2, 0.25) is 0 Å². The van der Waals surface area contributed by atoms with Crippen molar-refractivity contribution in [3.8, 4) is 0 Å². The number of alkyl halides is 3. The monoisotopic (exact) mass is 290 g/mol. The van der Waals surface area contributed by atoms with Gasteiger partial charge in [-0.25, -0.2) is 4.39 Å². The summed E-state index contributed by atoms with van der Waals surface area (Å²) in [5, 5.41) is 2.42. The summed E-state index contributed by atoms with van der Waals surface area (Å²) in [4.78, 5) is 2.15. The summed E-state index contributed by atoms with van der Waals surface area (Å²) < 4.78 is 48.7. The highest BCUT2D eigenvalue weighted by atomic mass is 19.4. The highest BCUT2D eigenvalue weighted by Crippen LogP contribution is 2.25. The van der Waals surface area contributed by atoms with Crippen molar-refractivity contribution in [2.75, 3.05) is 31.1 Å². The molecule has 112 valence electrons. The zero-order chi connectivity index (χ0) is 14.6. The van der Waals surface area contributed by atoms with Crippen LogP contribution in [0.4, 0.5) is 23.2 Å². The molecule has 0 bridgehead atoms. The van der Waals surface area contributed by atoms with Gasteiger partial charge in [0.05, 0.1) is 6.54 Å². The van der Waals surface area contributed by atoms with Crippen molar-refractivity contribution in [1.29, 1.82) is 0 Å². The smallest absolute Gasteiger partial charge is 0.371 e. The molecule has 20 heavy (non-hydrogen) atoms. The molecule has 0 amide bonds. The van der Waals surface area contributed by atoms with Gasteiger partial charge in [-0.2, -0.15) is 13.2 Å². The first kappa shape index (κ1) is 15.1. The van der Waals surface area contributed by atoms with Gasteiger partial charge in [-0.05, 0) is 49.6 Å². The van der Waals surface area contributed by atoms with E-state index in [0.29, 0.717) is 12.5 Å². The third-order valence-corrected chi connectivity index (χ3v) is 3.53. The number of hydrogen-bond acceptors (Lipinski definition) is 2. The minimum Gasteiger partial charge on any atom is -0.371 e. The molecule has 1 aromatic rings. The molecule has 1 N–H and O–H groups in total. The van der Waals surface area contributed by atoms with Gasteiger partial charge in [-0.1, -0.05) is 0 Å². The van der Waals surface area contributed by atoms with Crippen molar-refractivity contribution in [2.24, 2.45) is 5.92 Å². The Hall–Kier alpha value is -1.30. The minimum absolute atomic E-state index is 0.263. The lowest BCUT2D eigenvalue weighted by molar-refractivity contribution is -0.124. The minimum atomic E-state index is -4.14. The lowest BCUT2D eigenvalue weighted by atomic mass is 10.1. The number of nitrogens with one attached hydrogen (secondary N) is 1. The molecule has 0 saturated carbocycles. The van der Waals surface area contributed by atoms with Crippen LogP contribution in [-0.2, 0) is 0 Å². The molecular formula is C14H18F4N2. The maximum Gasteiger partial charge on any atom is 0.401 e. The number of nitrogens with zero attached hydrogens (tertiary/aromatic N) is 1. The highest BCUT2D eigenvalue weighted by Gasteiger charge is 2.27. The van der Waals surface area contributed by atoms with E-state index in [1.807, 2.05) is 0 Å². The third kappa shape index (κ3) is 4.67. The van der Waals surface area contributed by atoms with Crippen LogP contribution in [0, 0.1) is 11.7 Å². The maximum absolute atomic E-state index is 12.8. The Morgan fingerprint density at radius 2 is 1.90 bits per heavy atom. The Labute approximate surface area is 115 Å². The molecule has 0 aliphatic carbocycles. The first-order chi connectivity index (χ1) is 9.44. The summed E-state index contributed by atoms with van der Waals surface area (Å²) in [6.45, 7) is 1.14. The summed E-state index contributed by atoms with van der Waals surface area (Å²) in [7, 11) is 0. The lowest BCUT2D eigenvalue weighted by Gasteiger charge is -2.18. The normalized spacial score (nSPS) is 19.6. The van der Waals surface area contributed by atoms with Gasteiger partial charge in [-0.15, -0.1) is 0 Å². The van der Waals surface area contributed by atoms with E-state index in [4.69, 9.17) is 0 Å².